The molecule has 8 heteroatoms. The molecule has 22 heavy (non-hydrogen) atoms. The second-order valence-electron chi connectivity index (χ2n) is 4.43. The van der Waals surface area contributed by atoms with Gasteiger partial charge in [-0.05, 0) is 24.4 Å². The Morgan fingerprint density at radius 3 is 2.86 bits per heavy atom. The number of fused-ring (bicyclic) bond motifs is 1. The van der Waals surface area contributed by atoms with E-state index in [0.29, 0.717) is 16.2 Å². The molecule has 0 radical (unpaired) electrons. The summed E-state index contributed by atoms with van der Waals surface area (Å²) in [5.74, 6) is -0.293. The largest absolute Gasteiger partial charge is 0.317 e. The monoisotopic (exact) mass is 333 g/mol. The molecule has 0 bridgehead atoms. The summed E-state index contributed by atoms with van der Waals surface area (Å²) in [6.07, 6.45) is 0. The summed E-state index contributed by atoms with van der Waals surface area (Å²) in [5, 5.41) is 12.7. The van der Waals surface area contributed by atoms with Crippen molar-refractivity contribution in [3.05, 3.63) is 55.5 Å². The van der Waals surface area contributed by atoms with Crippen LogP contribution in [0.1, 0.15) is 16.6 Å². The maximum Gasteiger partial charge on any atom is 0.289 e. The zero-order chi connectivity index (χ0) is 15.7. The Kier molecular flexibility index (Phi) is 3.86. The van der Waals surface area contributed by atoms with E-state index in [1.54, 1.807) is 18.2 Å². The molecule has 3 aromatic rings. The number of amides is 1. The highest BCUT2D eigenvalue weighted by molar-refractivity contribution is 7.16. The Hall–Kier alpha value is -2.32. The Balaban J connectivity index is 2.17. The number of nitrogens with zero attached hydrogens (tertiary/aromatic N) is 3. The summed E-state index contributed by atoms with van der Waals surface area (Å²) < 4.78 is 2.63. The van der Waals surface area contributed by atoms with Gasteiger partial charge in [-0.1, -0.05) is 17.4 Å². The van der Waals surface area contributed by atoms with Crippen molar-refractivity contribution in [3.8, 4) is 0 Å². The summed E-state index contributed by atoms with van der Waals surface area (Å²) in [5.41, 5.74) is 0.879. The van der Waals surface area contributed by atoms with Gasteiger partial charge in [0.1, 0.15) is 0 Å². The molecule has 0 saturated heterocycles. The highest BCUT2D eigenvalue weighted by atomic mass is 32.1. The first-order valence-electron chi connectivity index (χ1n) is 6.50. The average Bonchev–Trinajstić information content (AvgIpc) is 3.13. The van der Waals surface area contributed by atoms with Crippen LogP contribution in [0, 0.1) is 10.1 Å². The Labute approximate surface area is 133 Å². The van der Waals surface area contributed by atoms with Gasteiger partial charge in [0.25, 0.3) is 11.6 Å². The van der Waals surface area contributed by atoms with Crippen LogP contribution >= 0.6 is 22.7 Å². The summed E-state index contributed by atoms with van der Waals surface area (Å²) in [4.78, 5) is 27.9. The normalized spacial score (nSPS) is 12.0. The van der Waals surface area contributed by atoms with Gasteiger partial charge in [-0.2, -0.15) is 4.99 Å². The van der Waals surface area contributed by atoms with E-state index in [0.717, 1.165) is 10.2 Å². The predicted octanol–water partition coefficient (Wildman–Crippen LogP) is 3.43. The summed E-state index contributed by atoms with van der Waals surface area (Å²) in [6, 6.07) is 8.20. The number of aryl methyl sites for hydroxylation is 1. The third kappa shape index (κ3) is 2.58. The number of nitro groups is 1. The number of carbonyl (C=O) groups excluding carboxylic acids is 1. The quantitative estimate of drug-likeness (QED) is 0.544. The summed E-state index contributed by atoms with van der Waals surface area (Å²) in [6.45, 7) is 2.58. The average molecular weight is 333 g/mol. The number of thiophene rings is 1. The third-order valence-corrected chi connectivity index (χ3v) is 5.02. The van der Waals surface area contributed by atoms with E-state index < -0.39 is 4.92 Å². The van der Waals surface area contributed by atoms with Crippen LogP contribution in [0.5, 0.6) is 0 Å². The molecule has 2 aromatic heterocycles. The lowest BCUT2D eigenvalue weighted by molar-refractivity contribution is -0.384. The second-order valence-corrected chi connectivity index (χ2v) is 6.39. The number of rotatable bonds is 3. The number of aromatic nitrogens is 1. The number of hydrogen-bond donors (Lipinski definition) is 0. The van der Waals surface area contributed by atoms with Gasteiger partial charge in [0.15, 0.2) is 4.80 Å². The van der Waals surface area contributed by atoms with Crippen molar-refractivity contribution >= 4 is 44.5 Å². The number of nitro benzene ring substituents is 1. The molecule has 2 heterocycles. The SMILES string of the molecule is CCn1c(=NC(=O)c2cccs2)sc2cc([N+](=O)[O-])ccc21. The van der Waals surface area contributed by atoms with Gasteiger partial charge in [-0.3, -0.25) is 14.9 Å². The van der Waals surface area contributed by atoms with Crippen LogP contribution in [0.15, 0.2) is 40.7 Å². The smallest absolute Gasteiger partial charge is 0.289 e. The van der Waals surface area contributed by atoms with E-state index in [4.69, 9.17) is 0 Å². The summed E-state index contributed by atoms with van der Waals surface area (Å²) in [7, 11) is 0. The van der Waals surface area contributed by atoms with Crippen molar-refractivity contribution in [2.75, 3.05) is 0 Å². The fourth-order valence-corrected chi connectivity index (χ4v) is 3.84. The Morgan fingerprint density at radius 1 is 1.41 bits per heavy atom. The molecular formula is C14H11N3O3S2. The highest BCUT2D eigenvalue weighted by Gasteiger charge is 2.12. The van der Waals surface area contributed by atoms with E-state index in [-0.39, 0.29) is 11.6 Å². The maximum atomic E-state index is 12.1. The molecular weight excluding hydrogens is 322 g/mol. The van der Waals surface area contributed by atoms with Crippen molar-refractivity contribution < 1.29 is 9.72 Å². The van der Waals surface area contributed by atoms with Crippen molar-refractivity contribution in [1.82, 2.24) is 4.57 Å². The zero-order valence-corrected chi connectivity index (χ0v) is 13.2. The molecule has 0 N–H and O–H groups in total. The van der Waals surface area contributed by atoms with E-state index in [1.807, 2.05) is 16.9 Å². The Morgan fingerprint density at radius 2 is 2.23 bits per heavy atom. The minimum atomic E-state index is -0.428. The van der Waals surface area contributed by atoms with Gasteiger partial charge < -0.3 is 4.57 Å². The topological polar surface area (TPSA) is 77.5 Å². The molecule has 112 valence electrons. The standard InChI is InChI=1S/C14H11N3O3S2/c1-2-16-10-6-5-9(17(19)20)8-12(10)22-14(16)15-13(18)11-4-3-7-21-11/h3-8H,2H2,1H3. The first-order valence-corrected chi connectivity index (χ1v) is 8.20. The van der Waals surface area contributed by atoms with Gasteiger partial charge in [-0.15, -0.1) is 11.3 Å². The molecule has 0 aliphatic heterocycles. The molecule has 1 amide bonds. The number of benzene rings is 1. The lowest BCUT2D eigenvalue weighted by Crippen LogP contribution is -2.15. The molecule has 0 saturated carbocycles. The van der Waals surface area contributed by atoms with E-state index in [2.05, 4.69) is 4.99 Å². The highest BCUT2D eigenvalue weighted by Crippen LogP contribution is 2.23. The number of non-ortho nitro benzene ring substituents is 1. The molecule has 0 atom stereocenters. The van der Waals surface area contributed by atoms with E-state index in [9.17, 15) is 14.9 Å². The minimum Gasteiger partial charge on any atom is -0.317 e. The molecule has 0 aliphatic carbocycles. The van der Waals surface area contributed by atoms with Crippen LogP contribution < -0.4 is 4.80 Å². The van der Waals surface area contributed by atoms with Crippen LogP contribution in [-0.4, -0.2) is 15.4 Å². The Bertz CT molecular complexity index is 923. The number of hydrogen-bond acceptors (Lipinski definition) is 5. The van der Waals surface area contributed by atoms with Crippen LogP contribution in [0.2, 0.25) is 0 Å². The second kappa shape index (κ2) is 5.82. The summed E-state index contributed by atoms with van der Waals surface area (Å²) >= 11 is 2.62. The number of carbonyl (C=O) groups is 1. The first-order chi connectivity index (χ1) is 10.6. The van der Waals surface area contributed by atoms with Crippen LogP contribution in [0.3, 0.4) is 0 Å². The molecule has 1 aromatic carbocycles. The minimum absolute atomic E-state index is 0.0353. The van der Waals surface area contributed by atoms with Gasteiger partial charge >= 0.3 is 0 Å². The van der Waals surface area contributed by atoms with E-state index >= 15 is 0 Å². The molecule has 0 unspecified atom stereocenters. The lowest BCUT2D eigenvalue weighted by atomic mass is 10.3. The zero-order valence-electron chi connectivity index (χ0n) is 11.6. The van der Waals surface area contributed by atoms with E-state index in [1.165, 1.54) is 34.8 Å². The fraction of sp³-hybridized carbons (Fsp3) is 0.143. The molecule has 6 nitrogen and oxygen atoms in total. The van der Waals surface area contributed by atoms with Crippen LogP contribution in [-0.2, 0) is 6.54 Å². The molecule has 0 fully saturated rings. The van der Waals surface area contributed by atoms with Crippen LogP contribution in [0.4, 0.5) is 5.69 Å². The number of thiazole rings is 1. The molecule has 0 spiro atoms. The van der Waals surface area contributed by atoms with Gasteiger partial charge in [-0.25, -0.2) is 0 Å². The molecule has 0 aliphatic rings. The van der Waals surface area contributed by atoms with Crippen molar-refractivity contribution in [1.29, 1.82) is 0 Å². The lowest BCUT2D eigenvalue weighted by Gasteiger charge is -1.99. The fourth-order valence-electron chi connectivity index (χ4n) is 2.11. The van der Waals surface area contributed by atoms with Crippen molar-refractivity contribution in [3.63, 3.8) is 0 Å². The maximum absolute atomic E-state index is 12.1. The predicted molar refractivity (Wildman–Crippen MR) is 86.4 cm³/mol. The van der Waals surface area contributed by atoms with Gasteiger partial charge in [0.2, 0.25) is 0 Å². The van der Waals surface area contributed by atoms with Crippen LogP contribution in [0.25, 0.3) is 10.2 Å². The van der Waals surface area contributed by atoms with Crippen molar-refractivity contribution in [2.45, 2.75) is 13.5 Å². The van der Waals surface area contributed by atoms with Crippen molar-refractivity contribution in [2.24, 2.45) is 4.99 Å². The van der Waals surface area contributed by atoms with Gasteiger partial charge in [0, 0.05) is 18.7 Å². The van der Waals surface area contributed by atoms with Gasteiger partial charge in [0.05, 0.1) is 20.0 Å². The molecule has 3 rings (SSSR count). The third-order valence-electron chi connectivity index (χ3n) is 3.12. The first kappa shape index (κ1) is 14.6.